The molecule has 0 saturated carbocycles. The monoisotopic (exact) mass is 244 g/mol. The van der Waals surface area contributed by atoms with Crippen molar-refractivity contribution < 1.29 is 9.90 Å². The Kier molecular flexibility index (Phi) is 3.46. The highest BCUT2D eigenvalue weighted by Gasteiger charge is 2.17. The van der Waals surface area contributed by atoms with E-state index in [2.05, 4.69) is 16.9 Å². The number of rotatable bonds is 4. The highest BCUT2D eigenvalue weighted by Crippen LogP contribution is 2.23. The molecular formula is C14H16N2O2. The first-order valence-electron chi connectivity index (χ1n) is 6.07. The average Bonchev–Trinajstić information content (AvgIpc) is 2.82. The van der Waals surface area contributed by atoms with E-state index in [1.807, 2.05) is 31.2 Å². The largest absolute Gasteiger partial charge is 0.476 e. The van der Waals surface area contributed by atoms with E-state index in [0.717, 1.165) is 17.5 Å². The van der Waals surface area contributed by atoms with Gasteiger partial charge < -0.3 is 10.1 Å². The number of nitrogens with zero attached hydrogens (tertiary/aromatic N) is 1. The highest BCUT2D eigenvalue weighted by atomic mass is 16.4. The van der Waals surface area contributed by atoms with E-state index in [9.17, 15) is 4.79 Å². The zero-order valence-electron chi connectivity index (χ0n) is 10.5. The van der Waals surface area contributed by atoms with Crippen LogP contribution in [0.3, 0.4) is 0 Å². The van der Waals surface area contributed by atoms with Gasteiger partial charge in [0, 0.05) is 11.3 Å². The summed E-state index contributed by atoms with van der Waals surface area (Å²) in [6, 6.07) is 7.90. The van der Waals surface area contributed by atoms with Crippen molar-refractivity contribution in [2.45, 2.75) is 26.7 Å². The molecule has 0 aliphatic heterocycles. The lowest BCUT2D eigenvalue weighted by Crippen LogP contribution is -2.00. The third-order valence-corrected chi connectivity index (χ3v) is 2.99. The molecule has 1 heterocycles. The molecular weight excluding hydrogens is 228 g/mol. The molecule has 2 aromatic rings. The molecule has 4 heteroatoms. The summed E-state index contributed by atoms with van der Waals surface area (Å²) < 4.78 is 0. The van der Waals surface area contributed by atoms with Crippen molar-refractivity contribution in [2.24, 2.45) is 0 Å². The number of hydrogen-bond donors (Lipinski definition) is 2. The third kappa shape index (κ3) is 2.14. The minimum atomic E-state index is -0.983. The topological polar surface area (TPSA) is 66.0 Å². The van der Waals surface area contributed by atoms with Gasteiger partial charge in [0.25, 0.3) is 0 Å². The number of carboxylic acid groups (broad SMARTS) is 1. The van der Waals surface area contributed by atoms with E-state index >= 15 is 0 Å². The first-order chi connectivity index (χ1) is 8.67. The normalized spacial score (nSPS) is 10.6. The third-order valence-electron chi connectivity index (χ3n) is 2.99. The van der Waals surface area contributed by atoms with Crippen LogP contribution in [0, 0.1) is 0 Å². The molecule has 1 aromatic heterocycles. The van der Waals surface area contributed by atoms with Crippen molar-refractivity contribution in [3.05, 3.63) is 41.2 Å². The zero-order chi connectivity index (χ0) is 13.1. The summed E-state index contributed by atoms with van der Waals surface area (Å²) in [5.41, 5.74) is 2.93. The predicted molar refractivity (Wildman–Crippen MR) is 69.7 cm³/mol. The maximum Gasteiger partial charge on any atom is 0.356 e. The molecule has 18 heavy (non-hydrogen) atoms. The lowest BCUT2D eigenvalue weighted by molar-refractivity contribution is 0.0690. The fraction of sp³-hybridized carbons (Fsp3) is 0.286. The van der Waals surface area contributed by atoms with E-state index < -0.39 is 5.97 Å². The van der Waals surface area contributed by atoms with Crippen LogP contribution in [0.15, 0.2) is 24.3 Å². The van der Waals surface area contributed by atoms with Gasteiger partial charge in [0.2, 0.25) is 0 Å². The Bertz CT molecular complexity index is 573. The van der Waals surface area contributed by atoms with Crippen LogP contribution in [0.5, 0.6) is 0 Å². The van der Waals surface area contributed by atoms with Gasteiger partial charge in [-0.25, -0.2) is 9.78 Å². The van der Waals surface area contributed by atoms with Gasteiger partial charge in [-0.15, -0.1) is 0 Å². The summed E-state index contributed by atoms with van der Waals surface area (Å²) in [5, 5.41) is 9.10. The predicted octanol–water partition coefficient (Wildman–Crippen LogP) is 2.90. The molecule has 2 N–H and O–H groups in total. The van der Waals surface area contributed by atoms with E-state index in [1.54, 1.807) is 0 Å². The minimum Gasteiger partial charge on any atom is -0.476 e. The Morgan fingerprint density at radius 3 is 2.56 bits per heavy atom. The van der Waals surface area contributed by atoms with Crippen LogP contribution in [0.2, 0.25) is 0 Å². The molecule has 94 valence electrons. The first kappa shape index (κ1) is 12.4. The number of imidazole rings is 1. The summed E-state index contributed by atoms with van der Waals surface area (Å²) in [6.45, 7) is 3.98. The van der Waals surface area contributed by atoms with Gasteiger partial charge in [-0.2, -0.15) is 0 Å². The lowest BCUT2D eigenvalue weighted by atomic mass is 10.1. The number of aromatic carboxylic acids is 1. The maximum atomic E-state index is 11.1. The number of benzene rings is 1. The molecule has 0 amide bonds. The SMILES string of the molecule is CCc1ccccc1-c1nc(C(=O)O)c(CC)[nH]1. The second-order valence-corrected chi connectivity index (χ2v) is 4.08. The quantitative estimate of drug-likeness (QED) is 0.869. The number of aromatic amines is 1. The lowest BCUT2D eigenvalue weighted by Gasteiger charge is -2.03. The summed E-state index contributed by atoms with van der Waals surface area (Å²) in [5.74, 6) is -0.343. The molecule has 2 rings (SSSR count). The van der Waals surface area contributed by atoms with Gasteiger partial charge in [0.1, 0.15) is 5.82 Å². The summed E-state index contributed by atoms with van der Waals surface area (Å²) >= 11 is 0. The van der Waals surface area contributed by atoms with E-state index in [0.29, 0.717) is 17.9 Å². The van der Waals surface area contributed by atoms with Crippen LogP contribution < -0.4 is 0 Å². The van der Waals surface area contributed by atoms with Crippen LogP contribution in [-0.2, 0) is 12.8 Å². The van der Waals surface area contributed by atoms with Crippen molar-refractivity contribution in [3.8, 4) is 11.4 Å². The van der Waals surface area contributed by atoms with Gasteiger partial charge in [-0.1, -0.05) is 38.1 Å². The van der Waals surface area contributed by atoms with Crippen LogP contribution in [0.25, 0.3) is 11.4 Å². The second-order valence-electron chi connectivity index (χ2n) is 4.08. The maximum absolute atomic E-state index is 11.1. The fourth-order valence-electron chi connectivity index (χ4n) is 2.03. The minimum absolute atomic E-state index is 0.124. The fourth-order valence-corrected chi connectivity index (χ4v) is 2.03. The van der Waals surface area contributed by atoms with Crippen LogP contribution in [-0.4, -0.2) is 21.0 Å². The van der Waals surface area contributed by atoms with Gasteiger partial charge in [-0.3, -0.25) is 0 Å². The molecule has 0 spiro atoms. The number of aryl methyl sites for hydroxylation is 2. The van der Waals surface area contributed by atoms with Crippen molar-refractivity contribution >= 4 is 5.97 Å². The molecule has 4 nitrogen and oxygen atoms in total. The Labute approximate surface area is 106 Å². The summed E-state index contributed by atoms with van der Waals surface area (Å²) in [7, 11) is 0. The van der Waals surface area contributed by atoms with Gasteiger partial charge in [0.15, 0.2) is 5.69 Å². The number of carboxylic acids is 1. The van der Waals surface area contributed by atoms with E-state index in [4.69, 9.17) is 5.11 Å². The summed E-state index contributed by atoms with van der Waals surface area (Å²) in [4.78, 5) is 18.4. The van der Waals surface area contributed by atoms with Crippen molar-refractivity contribution in [2.75, 3.05) is 0 Å². The van der Waals surface area contributed by atoms with Crippen LogP contribution in [0.4, 0.5) is 0 Å². The number of hydrogen-bond acceptors (Lipinski definition) is 2. The number of nitrogens with one attached hydrogen (secondary N) is 1. The molecule has 0 fully saturated rings. The molecule has 0 aliphatic carbocycles. The van der Waals surface area contributed by atoms with Gasteiger partial charge in [-0.05, 0) is 18.4 Å². The van der Waals surface area contributed by atoms with Gasteiger partial charge in [0.05, 0.1) is 0 Å². The van der Waals surface area contributed by atoms with Crippen molar-refractivity contribution in [1.82, 2.24) is 9.97 Å². The number of aromatic nitrogens is 2. The second kappa shape index (κ2) is 5.04. The number of H-pyrrole nitrogens is 1. The van der Waals surface area contributed by atoms with E-state index in [-0.39, 0.29) is 5.69 Å². The molecule has 0 aliphatic rings. The summed E-state index contributed by atoms with van der Waals surface area (Å²) in [6.07, 6.45) is 1.52. The Balaban J connectivity index is 2.54. The highest BCUT2D eigenvalue weighted by molar-refractivity contribution is 5.87. The van der Waals surface area contributed by atoms with Crippen LogP contribution >= 0.6 is 0 Å². The standard InChI is InChI=1S/C14H16N2O2/c1-3-9-7-5-6-8-10(9)13-15-11(4-2)12(16-13)14(17)18/h5-8H,3-4H2,1-2H3,(H,15,16)(H,17,18). The molecule has 0 unspecified atom stereocenters. The average molecular weight is 244 g/mol. The molecule has 0 saturated heterocycles. The Hall–Kier alpha value is -2.10. The Morgan fingerprint density at radius 2 is 2.00 bits per heavy atom. The molecule has 0 bridgehead atoms. The van der Waals surface area contributed by atoms with E-state index in [1.165, 1.54) is 0 Å². The zero-order valence-corrected chi connectivity index (χ0v) is 10.5. The van der Waals surface area contributed by atoms with Crippen molar-refractivity contribution in [1.29, 1.82) is 0 Å². The Morgan fingerprint density at radius 1 is 1.28 bits per heavy atom. The molecule has 0 atom stereocenters. The first-order valence-corrected chi connectivity index (χ1v) is 6.07. The smallest absolute Gasteiger partial charge is 0.356 e. The molecule has 1 aromatic carbocycles. The molecule has 0 radical (unpaired) electrons. The van der Waals surface area contributed by atoms with Crippen molar-refractivity contribution in [3.63, 3.8) is 0 Å². The number of carbonyl (C=O) groups is 1. The van der Waals surface area contributed by atoms with Crippen LogP contribution in [0.1, 0.15) is 35.6 Å². The van der Waals surface area contributed by atoms with Gasteiger partial charge >= 0.3 is 5.97 Å².